The van der Waals surface area contributed by atoms with Crippen LogP contribution in [0.3, 0.4) is 0 Å². The van der Waals surface area contributed by atoms with Crippen molar-refractivity contribution in [1.29, 1.82) is 0 Å². The first kappa shape index (κ1) is 22.3. The summed E-state index contributed by atoms with van der Waals surface area (Å²) >= 11 is 5.97. The topological polar surface area (TPSA) is 61.4 Å². The number of piperidine rings is 1. The maximum atomic E-state index is 13.0. The van der Waals surface area contributed by atoms with Gasteiger partial charge in [0.15, 0.2) is 0 Å². The predicted molar refractivity (Wildman–Crippen MR) is 122 cm³/mol. The average molecular weight is 428 g/mol. The molecule has 3 rings (SSSR count). The fraction of sp³-hybridized carbons (Fsp3) is 0.417. The molecule has 0 aliphatic carbocycles. The molecule has 1 saturated heterocycles. The van der Waals surface area contributed by atoms with Crippen molar-refractivity contribution in [3.63, 3.8) is 0 Å². The Kier molecular flexibility index (Phi) is 7.88. The van der Waals surface area contributed by atoms with Gasteiger partial charge >= 0.3 is 0 Å². The molecule has 160 valence electrons. The third-order valence-corrected chi connectivity index (χ3v) is 5.87. The monoisotopic (exact) mass is 427 g/mol. The fourth-order valence-corrected chi connectivity index (χ4v) is 3.82. The van der Waals surface area contributed by atoms with Gasteiger partial charge in [0.25, 0.3) is 5.91 Å². The summed E-state index contributed by atoms with van der Waals surface area (Å²) in [6.45, 7) is 6.47. The largest absolute Gasteiger partial charge is 0.350 e. The van der Waals surface area contributed by atoms with Gasteiger partial charge in [-0.2, -0.15) is 0 Å². The van der Waals surface area contributed by atoms with Gasteiger partial charge in [-0.15, -0.1) is 0 Å². The Balaban J connectivity index is 1.63. The van der Waals surface area contributed by atoms with Gasteiger partial charge < -0.3 is 10.6 Å². The van der Waals surface area contributed by atoms with Gasteiger partial charge in [0.1, 0.15) is 0 Å². The van der Waals surface area contributed by atoms with Crippen LogP contribution in [0.25, 0.3) is 0 Å². The zero-order valence-electron chi connectivity index (χ0n) is 17.7. The van der Waals surface area contributed by atoms with Crippen molar-refractivity contribution in [3.8, 4) is 0 Å². The van der Waals surface area contributed by atoms with Crippen molar-refractivity contribution in [1.82, 2.24) is 10.2 Å². The van der Waals surface area contributed by atoms with Crippen LogP contribution in [0, 0.1) is 5.92 Å². The quantitative estimate of drug-likeness (QED) is 0.672. The standard InChI is InChI=1S/C24H30ClN3O2/c1-3-17(2)26-24(30)21-8-4-5-9-22(21)27-23(29)19-7-6-14-28(16-19)15-18-10-12-20(25)13-11-18/h4-5,8-13,17,19H,3,6-7,14-16H2,1-2H3,(H,26,30)(H,27,29). The van der Waals surface area contributed by atoms with E-state index < -0.39 is 0 Å². The number of carbonyl (C=O) groups is 2. The molecule has 2 unspecified atom stereocenters. The van der Waals surface area contributed by atoms with E-state index in [1.807, 2.05) is 50.2 Å². The number of hydrogen-bond donors (Lipinski definition) is 2. The molecule has 2 N–H and O–H groups in total. The first-order chi connectivity index (χ1) is 14.5. The van der Waals surface area contributed by atoms with Gasteiger partial charge in [0, 0.05) is 24.2 Å². The number of amides is 2. The summed E-state index contributed by atoms with van der Waals surface area (Å²) < 4.78 is 0. The summed E-state index contributed by atoms with van der Waals surface area (Å²) in [4.78, 5) is 27.9. The third-order valence-electron chi connectivity index (χ3n) is 5.62. The SMILES string of the molecule is CCC(C)NC(=O)c1ccccc1NC(=O)C1CCCN(Cc2ccc(Cl)cc2)C1. The second kappa shape index (κ2) is 10.6. The molecule has 2 aromatic carbocycles. The first-order valence-corrected chi connectivity index (χ1v) is 11.0. The highest BCUT2D eigenvalue weighted by Gasteiger charge is 2.26. The van der Waals surface area contributed by atoms with Crippen LogP contribution in [0.1, 0.15) is 49.0 Å². The van der Waals surface area contributed by atoms with Crippen LogP contribution >= 0.6 is 11.6 Å². The Morgan fingerprint density at radius 1 is 1.17 bits per heavy atom. The molecule has 1 aliphatic heterocycles. The lowest BCUT2D eigenvalue weighted by molar-refractivity contribution is -0.121. The van der Waals surface area contributed by atoms with Crippen molar-refractivity contribution < 1.29 is 9.59 Å². The molecule has 2 amide bonds. The van der Waals surface area contributed by atoms with E-state index in [9.17, 15) is 9.59 Å². The number of likely N-dealkylation sites (tertiary alicyclic amines) is 1. The van der Waals surface area contributed by atoms with Crippen LogP contribution in [-0.4, -0.2) is 35.8 Å². The number of nitrogens with zero attached hydrogens (tertiary/aromatic N) is 1. The van der Waals surface area contributed by atoms with E-state index in [2.05, 4.69) is 15.5 Å². The molecule has 2 atom stereocenters. The van der Waals surface area contributed by atoms with Gasteiger partial charge in [-0.3, -0.25) is 14.5 Å². The Labute approximate surface area is 183 Å². The number of hydrogen-bond acceptors (Lipinski definition) is 3. The number of para-hydroxylation sites is 1. The number of nitrogens with one attached hydrogen (secondary N) is 2. The van der Waals surface area contributed by atoms with Gasteiger partial charge in [-0.25, -0.2) is 0 Å². The van der Waals surface area contributed by atoms with E-state index >= 15 is 0 Å². The second-order valence-electron chi connectivity index (χ2n) is 8.02. The molecule has 1 fully saturated rings. The third kappa shape index (κ3) is 6.07. The molecule has 30 heavy (non-hydrogen) atoms. The lowest BCUT2D eigenvalue weighted by Crippen LogP contribution is -2.40. The number of carbonyl (C=O) groups excluding carboxylic acids is 2. The Morgan fingerprint density at radius 3 is 2.63 bits per heavy atom. The zero-order valence-corrected chi connectivity index (χ0v) is 18.4. The Bertz CT molecular complexity index is 869. The summed E-state index contributed by atoms with van der Waals surface area (Å²) in [6, 6.07) is 15.1. The lowest BCUT2D eigenvalue weighted by atomic mass is 9.96. The van der Waals surface area contributed by atoms with Crippen LogP contribution in [-0.2, 0) is 11.3 Å². The molecule has 0 spiro atoms. The second-order valence-corrected chi connectivity index (χ2v) is 8.45. The smallest absolute Gasteiger partial charge is 0.253 e. The van der Waals surface area contributed by atoms with E-state index in [0.29, 0.717) is 17.8 Å². The molecular weight excluding hydrogens is 398 g/mol. The molecule has 1 heterocycles. The highest BCUT2D eigenvalue weighted by Crippen LogP contribution is 2.22. The van der Waals surface area contributed by atoms with Gasteiger partial charge in [-0.05, 0) is 62.6 Å². The van der Waals surface area contributed by atoms with E-state index in [4.69, 9.17) is 11.6 Å². The van der Waals surface area contributed by atoms with Crippen molar-refractivity contribution in [2.24, 2.45) is 5.92 Å². The number of anilines is 1. The van der Waals surface area contributed by atoms with E-state index in [1.54, 1.807) is 12.1 Å². The minimum Gasteiger partial charge on any atom is -0.350 e. The van der Waals surface area contributed by atoms with Crippen molar-refractivity contribution in [2.75, 3.05) is 18.4 Å². The molecular formula is C24H30ClN3O2. The van der Waals surface area contributed by atoms with Gasteiger partial charge in [-0.1, -0.05) is 42.8 Å². The van der Waals surface area contributed by atoms with Gasteiger partial charge in [0.05, 0.1) is 17.2 Å². The number of benzene rings is 2. The van der Waals surface area contributed by atoms with Crippen molar-refractivity contribution in [2.45, 2.75) is 45.7 Å². The maximum Gasteiger partial charge on any atom is 0.253 e. The minimum absolute atomic E-state index is 0.0282. The van der Waals surface area contributed by atoms with E-state index in [0.717, 1.165) is 37.4 Å². The first-order valence-electron chi connectivity index (χ1n) is 10.6. The van der Waals surface area contributed by atoms with Crippen molar-refractivity contribution >= 4 is 29.1 Å². The van der Waals surface area contributed by atoms with Crippen LogP contribution in [0.2, 0.25) is 5.02 Å². The van der Waals surface area contributed by atoms with E-state index in [-0.39, 0.29) is 23.8 Å². The highest BCUT2D eigenvalue weighted by molar-refractivity contribution is 6.30. The van der Waals surface area contributed by atoms with Crippen molar-refractivity contribution in [3.05, 3.63) is 64.7 Å². The Hall–Kier alpha value is -2.37. The molecule has 2 aromatic rings. The van der Waals surface area contributed by atoms with Crippen LogP contribution in [0.15, 0.2) is 48.5 Å². The van der Waals surface area contributed by atoms with Crippen LogP contribution < -0.4 is 10.6 Å². The van der Waals surface area contributed by atoms with Crippen LogP contribution in [0.5, 0.6) is 0 Å². The summed E-state index contributed by atoms with van der Waals surface area (Å²) in [5.74, 6) is -0.287. The van der Waals surface area contributed by atoms with Crippen LogP contribution in [0.4, 0.5) is 5.69 Å². The molecule has 0 aromatic heterocycles. The van der Waals surface area contributed by atoms with Gasteiger partial charge in [0.2, 0.25) is 5.91 Å². The Morgan fingerprint density at radius 2 is 1.90 bits per heavy atom. The highest BCUT2D eigenvalue weighted by atomic mass is 35.5. The molecule has 0 bridgehead atoms. The fourth-order valence-electron chi connectivity index (χ4n) is 3.69. The maximum absolute atomic E-state index is 13.0. The zero-order chi connectivity index (χ0) is 21.5. The van der Waals surface area contributed by atoms with E-state index in [1.165, 1.54) is 5.56 Å². The molecule has 1 aliphatic rings. The summed E-state index contributed by atoms with van der Waals surface area (Å²) in [7, 11) is 0. The predicted octanol–water partition coefficient (Wildman–Crippen LogP) is 4.72. The molecule has 0 radical (unpaired) electrons. The normalized spacial score (nSPS) is 17.9. The summed E-state index contributed by atoms with van der Waals surface area (Å²) in [5, 5.41) is 6.70. The average Bonchev–Trinajstić information content (AvgIpc) is 2.75. The molecule has 6 heteroatoms. The summed E-state index contributed by atoms with van der Waals surface area (Å²) in [5.41, 5.74) is 2.26. The lowest BCUT2D eigenvalue weighted by Gasteiger charge is -2.32. The summed E-state index contributed by atoms with van der Waals surface area (Å²) in [6.07, 6.45) is 2.68. The molecule has 0 saturated carbocycles. The molecule has 5 nitrogen and oxygen atoms in total. The number of halogens is 1. The minimum atomic E-state index is -0.159. The number of rotatable bonds is 7.